The Kier molecular flexibility index (Phi) is 13.9. The van der Waals surface area contributed by atoms with Crippen LogP contribution in [0.2, 0.25) is 0 Å². The molecule has 1 aliphatic carbocycles. The molecular formula is C95H59N11. The summed E-state index contributed by atoms with van der Waals surface area (Å²) in [5.74, 6) is 3.09. The van der Waals surface area contributed by atoms with Crippen LogP contribution in [-0.2, 0) is 5.41 Å². The first-order chi connectivity index (χ1) is 52.6. The number of para-hydroxylation sites is 4. The number of benzene rings is 13. The van der Waals surface area contributed by atoms with Crippen LogP contribution >= 0.6 is 0 Å². The molecule has 0 saturated carbocycles. The number of hydrogen-bond donors (Lipinski definition) is 0. The average molecular weight is 1350 g/mol. The molecule has 0 bridgehead atoms. The zero-order valence-corrected chi connectivity index (χ0v) is 57.0. The van der Waals surface area contributed by atoms with Gasteiger partial charge >= 0.3 is 0 Å². The number of pyridine rings is 2. The van der Waals surface area contributed by atoms with E-state index in [1.807, 2.05) is 79.1 Å². The van der Waals surface area contributed by atoms with Gasteiger partial charge in [-0.05, 0) is 112 Å². The molecule has 0 amide bonds. The second kappa shape index (κ2) is 24.4. The van der Waals surface area contributed by atoms with Crippen LogP contribution in [-0.4, -0.2) is 53.6 Å². The number of fused-ring (bicyclic) bond motifs is 14. The van der Waals surface area contributed by atoms with Crippen LogP contribution in [0.15, 0.2) is 358 Å². The molecule has 7 heterocycles. The Labute approximate surface area is 609 Å². The van der Waals surface area contributed by atoms with Crippen molar-refractivity contribution in [3.05, 3.63) is 380 Å². The minimum Gasteiger partial charge on any atom is -0.307 e. The molecule has 1 aliphatic rings. The van der Waals surface area contributed by atoms with Crippen molar-refractivity contribution < 1.29 is 0 Å². The highest BCUT2D eigenvalue weighted by Crippen LogP contribution is 2.59. The lowest BCUT2D eigenvalue weighted by atomic mass is 9.67. The fourth-order valence-electron chi connectivity index (χ4n) is 16.6. The maximum atomic E-state index is 5.68. The van der Waals surface area contributed by atoms with Crippen LogP contribution < -0.4 is 0 Å². The van der Waals surface area contributed by atoms with E-state index in [9.17, 15) is 0 Å². The van der Waals surface area contributed by atoms with Gasteiger partial charge in [-0.3, -0.25) is 19.1 Å². The summed E-state index contributed by atoms with van der Waals surface area (Å²) in [5.41, 5.74) is 22.3. The fourth-order valence-corrected chi connectivity index (χ4v) is 16.6. The van der Waals surface area contributed by atoms with Crippen molar-refractivity contribution >= 4 is 65.4 Å². The minimum absolute atomic E-state index is 0.458. The summed E-state index contributed by atoms with van der Waals surface area (Å²) in [5, 5.41) is 6.43. The summed E-state index contributed by atoms with van der Waals surface area (Å²) < 4.78 is 6.99. The van der Waals surface area contributed by atoms with Gasteiger partial charge in [0.15, 0.2) is 23.3 Å². The van der Waals surface area contributed by atoms with E-state index in [1.165, 1.54) is 33.4 Å². The molecule has 0 unspecified atom stereocenters. The largest absolute Gasteiger partial charge is 0.307 e. The Bertz CT molecular complexity index is 6720. The predicted molar refractivity (Wildman–Crippen MR) is 427 cm³/mol. The Hall–Kier alpha value is -14.4. The summed E-state index contributed by atoms with van der Waals surface area (Å²) in [4.78, 5) is 42.8. The van der Waals surface area contributed by atoms with Crippen molar-refractivity contribution in [3.63, 3.8) is 0 Å². The van der Waals surface area contributed by atoms with Gasteiger partial charge in [0.05, 0.1) is 49.9 Å². The first-order valence-corrected chi connectivity index (χ1v) is 35.6. The van der Waals surface area contributed by atoms with Crippen LogP contribution in [0.3, 0.4) is 0 Å². The first kappa shape index (κ1) is 60.4. The molecule has 13 aromatic carbocycles. The Morgan fingerprint density at radius 1 is 0.245 bits per heavy atom. The molecule has 0 N–H and O–H groups in total. The summed E-state index contributed by atoms with van der Waals surface area (Å²) in [7, 11) is 0. The van der Waals surface area contributed by atoms with E-state index in [0.29, 0.717) is 35.2 Å². The van der Waals surface area contributed by atoms with Gasteiger partial charge in [0.2, 0.25) is 11.9 Å². The standard InChI is InChI=1S/C95H59N11/c1-5-27-61(28-6-1)89-98-90(101-93(100-89)105-82-47-19-14-40-71(82)74-54-53-73-70-39-13-17-43-78(70)95(85(73)86(74)105,67-33-7-2-8-34-67)68-35-9-3-10-36-68)62-51-49-60(50-52-62)76-59-77-72-41-15-18-46-81(72)104(69-37-11-4-12-38-69)87(77)88-84(76)75-42-16-20-48-83(75)106(88)94-102-91(65-31-25-29-63(57-65)79-44-21-23-55-96-79)99-92(103-94)66-32-26-30-64(58-66)80-45-22-24-56-97-80/h1-59H. The van der Waals surface area contributed by atoms with Gasteiger partial charge in [0.1, 0.15) is 0 Å². The first-order valence-electron chi connectivity index (χ1n) is 35.6. The maximum Gasteiger partial charge on any atom is 0.238 e. The van der Waals surface area contributed by atoms with Crippen molar-refractivity contribution in [2.75, 3.05) is 0 Å². The van der Waals surface area contributed by atoms with E-state index >= 15 is 0 Å². The van der Waals surface area contributed by atoms with Crippen LogP contribution in [0.5, 0.6) is 0 Å². The molecule has 21 rings (SSSR count). The van der Waals surface area contributed by atoms with E-state index in [-0.39, 0.29) is 0 Å². The lowest BCUT2D eigenvalue weighted by molar-refractivity contribution is 0.770. The predicted octanol–water partition coefficient (Wildman–Crippen LogP) is 22.2. The molecular weight excluding hydrogens is 1300 g/mol. The molecule has 0 aliphatic heterocycles. The van der Waals surface area contributed by atoms with Crippen molar-refractivity contribution in [1.82, 2.24) is 53.6 Å². The highest BCUT2D eigenvalue weighted by atomic mass is 15.2. The smallest absolute Gasteiger partial charge is 0.238 e. The van der Waals surface area contributed by atoms with Crippen molar-refractivity contribution in [1.29, 1.82) is 0 Å². The third-order valence-electron chi connectivity index (χ3n) is 21.1. The third-order valence-corrected chi connectivity index (χ3v) is 21.1. The second-order valence-electron chi connectivity index (χ2n) is 26.9. The SMILES string of the molecule is c1ccc(-c2nc(-c3ccc(-c4cc5c6ccccc6n(-c6ccccc6)c5c5c4c4ccccc4n5-c4nc(-c5cccc(-c6ccccn6)c5)nc(-c5cccc(-c6ccccn6)c5)n4)cc3)nc(-n3c4ccccc4c4ccc5c(c43)C(c3ccccc3)(c3ccccc3)c3ccccc3-5)n2)cc1. The van der Waals surface area contributed by atoms with Gasteiger partial charge in [-0.15, -0.1) is 0 Å². The van der Waals surface area contributed by atoms with Crippen LogP contribution in [0, 0.1) is 0 Å². The summed E-state index contributed by atoms with van der Waals surface area (Å²) in [6.45, 7) is 0. The molecule has 0 saturated heterocycles. The number of aromatic nitrogens is 11. The molecule has 11 heteroatoms. The number of nitrogens with zero attached hydrogens (tertiary/aromatic N) is 11. The molecule has 0 fully saturated rings. The normalized spacial score (nSPS) is 12.4. The van der Waals surface area contributed by atoms with Crippen LogP contribution in [0.25, 0.3) is 173 Å². The highest BCUT2D eigenvalue weighted by molar-refractivity contribution is 6.28. The Morgan fingerprint density at radius 3 is 1.27 bits per heavy atom. The van der Waals surface area contributed by atoms with Crippen LogP contribution in [0.4, 0.5) is 0 Å². The maximum absolute atomic E-state index is 5.68. The topological polar surface area (TPSA) is 118 Å². The minimum atomic E-state index is -0.719. The quantitative estimate of drug-likeness (QED) is 0.119. The van der Waals surface area contributed by atoms with Gasteiger partial charge < -0.3 is 4.57 Å². The lowest BCUT2D eigenvalue weighted by Gasteiger charge is -2.34. The van der Waals surface area contributed by atoms with Gasteiger partial charge in [0, 0.05) is 89.3 Å². The zero-order valence-electron chi connectivity index (χ0n) is 57.0. The highest BCUT2D eigenvalue weighted by Gasteiger charge is 2.48. The third kappa shape index (κ3) is 9.46. The number of rotatable bonds is 12. The summed E-state index contributed by atoms with van der Waals surface area (Å²) >= 11 is 0. The molecule has 7 aromatic heterocycles. The van der Waals surface area contributed by atoms with E-state index in [4.69, 9.17) is 39.9 Å². The average Bonchev–Trinajstić information content (AvgIpc) is 1.52. The molecule has 0 atom stereocenters. The number of hydrogen-bond acceptors (Lipinski definition) is 8. The van der Waals surface area contributed by atoms with Crippen molar-refractivity contribution in [2.24, 2.45) is 0 Å². The van der Waals surface area contributed by atoms with Crippen LogP contribution in [0.1, 0.15) is 22.3 Å². The Morgan fingerprint density at radius 2 is 0.689 bits per heavy atom. The summed E-state index contributed by atoms with van der Waals surface area (Å²) in [6, 6.07) is 122. The van der Waals surface area contributed by atoms with E-state index < -0.39 is 5.41 Å². The molecule has 11 nitrogen and oxygen atoms in total. The fraction of sp³-hybridized carbons (Fsp3) is 0.0105. The van der Waals surface area contributed by atoms with Gasteiger partial charge in [-0.2, -0.15) is 19.9 Å². The molecule has 494 valence electrons. The van der Waals surface area contributed by atoms with E-state index in [1.54, 1.807) is 0 Å². The van der Waals surface area contributed by atoms with Crippen molar-refractivity contribution in [3.8, 4) is 108 Å². The van der Waals surface area contributed by atoms with E-state index in [0.717, 1.165) is 127 Å². The monoisotopic (exact) mass is 1350 g/mol. The lowest BCUT2D eigenvalue weighted by Crippen LogP contribution is -2.29. The van der Waals surface area contributed by atoms with Gasteiger partial charge in [-0.25, -0.2) is 9.97 Å². The molecule has 0 radical (unpaired) electrons. The van der Waals surface area contributed by atoms with Gasteiger partial charge in [0.25, 0.3) is 0 Å². The summed E-state index contributed by atoms with van der Waals surface area (Å²) in [6.07, 6.45) is 3.64. The zero-order chi connectivity index (χ0) is 69.8. The molecule has 0 spiro atoms. The Balaban J connectivity index is 0.804. The second-order valence-corrected chi connectivity index (χ2v) is 26.9. The van der Waals surface area contributed by atoms with Crippen molar-refractivity contribution in [2.45, 2.75) is 5.41 Å². The molecule has 106 heavy (non-hydrogen) atoms. The molecule has 20 aromatic rings. The van der Waals surface area contributed by atoms with Gasteiger partial charge in [-0.1, -0.05) is 273 Å². The van der Waals surface area contributed by atoms with E-state index in [2.05, 4.69) is 293 Å².